The maximum absolute atomic E-state index is 13.0. The number of hydrogen-bond donors (Lipinski definition) is 0. The molecule has 0 saturated heterocycles. The highest BCUT2D eigenvalue weighted by molar-refractivity contribution is 7.79. The second-order valence-electron chi connectivity index (χ2n) is 6.87. The Balaban J connectivity index is 1.88. The van der Waals surface area contributed by atoms with E-state index in [0.717, 1.165) is 0 Å². The molecule has 0 aromatic heterocycles. The molecule has 0 fully saturated rings. The molecule has 4 heteroatoms. The molecule has 3 rings (SSSR count). The van der Waals surface area contributed by atoms with E-state index in [9.17, 15) is 4.79 Å². The fourth-order valence-electron chi connectivity index (χ4n) is 3.12. The molecule has 0 saturated carbocycles. The van der Waals surface area contributed by atoms with Crippen molar-refractivity contribution in [1.82, 2.24) is 0 Å². The Morgan fingerprint density at radius 2 is 1.48 bits per heavy atom. The third kappa shape index (κ3) is 4.23. The van der Waals surface area contributed by atoms with E-state index in [4.69, 9.17) is 17.0 Å². The predicted molar refractivity (Wildman–Crippen MR) is 119 cm³/mol. The Morgan fingerprint density at radius 1 is 0.889 bits per heavy atom. The van der Waals surface area contributed by atoms with Gasteiger partial charge in [0.05, 0.1) is 5.56 Å². The van der Waals surface area contributed by atoms with Crippen LogP contribution in [0.5, 0.6) is 5.75 Å². The summed E-state index contributed by atoms with van der Waals surface area (Å²) in [6.07, 6.45) is 0. The molecule has 2 nitrogen and oxygen atoms in total. The number of benzene rings is 3. The fourth-order valence-corrected chi connectivity index (χ4v) is 5.55. The third-order valence-corrected chi connectivity index (χ3v) is 8.49. The monoisotopic (exact) mass is 390 g/mol. The van der Waals surface area contributed by atoms with Gasteiger partial charge in [-0.05, 0) is 12.1 Å². The number of carbonyl (C=O) groups is 1. The molecular formula is C23H22O2SSi. The van der Waals surface area contributed by atoms with Crippen LogP contribution in [0.3, 0.4) is 0 Å². The molecule has 27 heavy (non-hydrogen) atoms. The van der Waals surface area contributed by atoms with E-state index < -0.39 is 8.07 Å². The molecule has 0 aliphatic heterocycles. The van der Waals surface area contributed by atoms with Crippen LogP contribution in [-0.4, -0.2) is 25.8 Å². The zero-order chi connectivity index (χ0) is 19.3. The van der Waals surface area contributed by atoms with E-state index >= 15 is 0 Å². The number of para-hydroxylation sites is 1. The van der Waals surface area contributed by atoms with Crippen molar-refractivity contribution >= 4 is 41.8 Å². The summed E-state index contributed by atoms with van der Waals surface area (Å²) in [4.78, 5) is 13.0. The van der Waals surface area contributed by atoms with Crippen molar-refractivity contribution in [3.05, 3.63) is 90.0 Å². The summed E-state index contributed by atoms with van der Waals surface area (Å²) in [7, 11) is -1.77. The molecular weight excluding hydrogens is 368 g/mol. The minimum atomic E-state index is -1.77. The zero-order valence-electron chi connectivity index (χ0n) is 15.5. The van der Waals surface area contributed by atoms with Gasteiger partial charge in [0.1, 0.15) is 20.4 Å². The van der Waals surface area contributed by atoms with E-state index in [2.05, 4.69) is 49.5 Å². The first-order valence-electron chi connectivity index (χ1n) is 8.90. The van der Waals surface area contributed by atoms with Crippen LogP contribution in [0.25, 0.3) is 0 Å². The first-order valence-corrected chi connectivity index (χ1v) is 12.4. The minimum absolute atomic E-state index is 0.0410. The molecule has 0 atom stereocenters. The quantitative estimate of drug-likeness (QED) is 0.345. The topological polar surface area (TPSA) is 26.3 Å². The third-order valence-electron chi connectivity index (χ3n) is 4.80. The Kier molecular flexibility index (Phi) is 5.99. The van der Waals surface area contributed by atoms with Crippen molar-refractivity contribution in [2.45, 2.75) is 13.1 Å². The van der Waals surface area contributed by atoms with Gasteiger partial charge in [0.25, 0.3) is 0 Å². The van der Waals surface area contributed by atoms with Crippen molar-refractivity contribution < 1.29 is 9.53 Å². The summed E-state index contributed by atoms with van der Waals surface area (Å²) in [5.41, 5.74) is 1.22. The van der Waals surface area contributed by atoms with Gasteiger partial charge in [0, 0.05) is 10.9 Å². The predicted octanol–water partition coefficient (Wildman–Crippen LogP) is 4.12. The van der Waals surface area contributed by atoms with Gasteiger partial charge in [-0.1, -0.05) is 102 Å². The van der Waals surface area contributed by atoms with Crippen LogP contribution in [0.4, 0.5) is 0 Å². The number of ketones is 1. The maximum atomic E-state index is 13.0. The number of hydrogen-bond acceptors (Lipinski definition) is 3. The first kappa shape index (κ1) is 19.2. The van der Waals surface area contributed by atoms with Gasteiger partial charge in [-0.25, -0.2) is 0 Å². The molecule has 0 bridgehead atoms. The average molecular weight is 391 g/mol. The van der Waals surface area contributed by atoms with Gasteiger partial charge in [0.15, 0.2) is 5.78 Å². The molecule has 0 spiro atoms. The van der Waals surface area contributed by atoms with E-state index in [1.807, 2.05) is 30.3 Å². The van der Waals surface area contributed by atoms with Crippen molar-refractivity contribution in [1.29, 1.82) is 0 Å². The van der Waals surface area contributed by atoms with Crippen LogP contribution >= 0.6 is 12.2 Å². The van der Waals surface area contributed by atoms with Crippen molar-refractivity contribution in [2.24, 2.45) is 0 Å². The molecule has 3 aromatic rings. The maximum Gasteiger partial charge on any atom is 0.196 e. The van der Waals surface area contributed by atoms with Gasteiger partial charge < -0.3 is 4.74 Å². The summed E-state index contributed by atoms with van der Waals surface area (Å²) >= 11 is 4.81. The van der Waals surface area contributed by atoms with Crippen LogP contribution in [0, 0.1) is 0 Å². The van der Waals surface area contributed by atoms with Gasteiger partial charge in [-0.15, -0.1) is 0 Å². The highest BCUT2D eigenvalue weighted by Crippen LogP contribution is 2.21. The second-order valence-corrected chi connectivity index (χ2v) is 11.6. The van der Waals surface area contributed by atoms with Gasteiger partial charge >= 0.3 is 0 Å². The number of rotatable bonds is 7. The fraction of sp³-hybridized carbons (Fsp3) is 0.130. The summed E-state index contributed by atoms with van der Waals surface area (Å²) in [5, 5.41) is 4.19. The lowest BCUT2D eigenvalue weighted by atomic mass is 10.0. The second kappa shape index (κ2) is 8.42. The number of thiocarbonyl (C=S) groups is 1. The highest BCUT2D eigenvalue weighted by atomic mass is 32.1. The molecule has 0 aliphatic rings. The lowest BCUT2D eigenvalue weighted by Crippen LogP contribution is -2.52. The molecule has 0 heterocycles. The van der Waals surface area contributed by atoms with Crippen molar-refractivity contribution in [3.63, 3.8) is 0 Å². The molecule has 0 radical (unpaired) electrons. The van der Waals surface area contributed by atoms with E-state index in [0.29, 0.717) is 23.5 Å². The first-order chi connectivity index (χ1) is 13.0. The van der Waals surface area contributed by atoms with Crippen LogP contribution in [0.15, 0.2) is 78.9 Å². The summed E-state index contributed by atoms with van der Waals surface area (Å²) in [5.74, 6) is 0.521. The zero-order valence-corrected chi connectivity index (χ0v) is 17.3. The largest absolute Gasteiger partial charge is 0.488 e. The van der Waals surface area contributed by atoms with E-state index in [1.54, 1.807) is 12.1 Å². The van der Waals surface area contributed by atoms with Crippen LogP contribution in [-0.2, 0) is 0 Å². The summed E-state index contributed by atoms with van der Waals surface area (Å²) in [6.45, 7) is 4.96. The lowest BCUT2D eigenvalue weighted by molar-refractivity contribution is 0.103. The van der Waals surface area contributed by atoms with Gasteiger partial charge in [-0.2, -0.15) is 0 Å². The highest BCUT2D eigenvalue weighted by Gasteiger charge is 2.26. The standard InChI is InChI=1S/C23H22O2SSi/c1-27(2,19-8-4-3-5-9-19)20-14-12-18(13-15-20)23(24)21-10-6-7-11-22(21)25-16-17-26/h3-15,17H,16H2,1-2H3. The average Bonchev–Trinajstić information content (AvgIpc) is 2.72. The van der Waals surface area contributed by atoms with Gasteiger partial charge in [0.2, 0.25) is 0 Å². The summed E-state index contributed by atoms with van der Waals surface area (Å²) in [6, 6.07) is 25.9. The van der Waals surface area contributed by atoms with Gasteiger partial charge in [-0.3, -0.25) is 4.79 Å². The van der Waals surface area contributed by atoms with Crippen molar-refractivity contribution in [3.8, 4) is 5.75 Å². The number of ether oxygens (including phenoxy) is 1. The molecule has 0 aliphatic carbocycles. The normalized spacial score (nSPS) is 11.0. The Labute approximate surface area is 166 Å². The van der Waals surface area contributed by atoms with Crippen molar-refractivity contribution in [2.75, 3.05) is 6.61 Å². The molecule has 0 N–H and O–H groups in total. The Hall–Kier alpha value is -2.56. The van der Waals surface area contributed by atoms with Crippen LogP contribution < -0.4 is 15.1 Å². The molecule has 136 valence electrons. The SMILES string of the molecule is C[Si](C)(c1ccccc1)c1ccc(C(=O)c2ccccc2OCC=S)cc1. The molecule has 0 unspecified atom stereocenters. The lowest BCUT2D eigenvalue weighted by Gasteiger charge is -2.23. The molecule has 0 amide bonds. The minimum Gasteiger partial charge on any atom is -0.488 e. The summed E-state index contributed by atoms with van der Waals surface area (Å²) < 4.78 is 5.59. The molecule has 3 aromatic carbocycles. The number of carbonyl (C=O) groups excluding carboxylic acids is 1. The van der Waals surface area contributed by atoms with E-state index in [1.165, 1.54) is 15.7 Å². The smallest absolute Gasteiger partial charge is 0.196 e. The Morgan fingerprint density at radius 3 is 2.15 bits per heavy atom. The van der Waals surface area contributed by atoms with Crippen LogP contribution in [0.2, 0.25) is 13.1 Å². The Bertz CT molecular complexity index is 934. The van der Waals surface area contributed by atoms with E-state index in [-0.39, 0.29) is 5.78 Å². The van der Waals surface area contributed by atoms with Crippen LogP contribution in [0.1, 0.15) is 15.9 Å².